The summed E-state index contributed by atoms with van der Waals surface area (Å²) in [7, 11) is 0. The number of allylic oxidation sites excluding steroid dienone is 1. The molecule has 4 aliphatic carbocycles. The SMILES string of the molecule is C[C@@H](CO)CCC[C@@H](C)[C@H]1CC[C@H]2C3CC=C4CC(O)CCC4(C)[C@H]3CCC12C. The van der Waals surface area contributed by atoms with Crippen molar-refractivity contribution in [3.05, 3.63) is 11.6 Å². The molecule has 2 heteroatoms. The Balaban J connectivity index is 1.46. The Morgan fingerprint density at radius 2 is 1.83 bits per heavy atom. The van der Waals surface area contributed by atoms with E-state index in [4.69, 9.17) is 0 Å². The predicted octanol–water partition coefficient (Wildman–Crippen LogP) is 6.36. The molecular weight excluding hydrogens is 356 g/mol. The molecule has 166 valence electrons. The molecule has 0 aromatic carbocycles. The van der Waals surface area contributed by atoms with E-state index in [0.717, 1.165) is 42.4 Å². The fourth-order valence-corrected chi connectivity index (χ4v) is 8.70. The minimum Gasteiger partial charge on any atom is -0.396 e. The molecule has 0 aromatic rings. The zero-order valence-corrected chi connectivity index (χ0v) is 19.5. The van der Waals surface area contributed by atoms with Crippen molar-refractivity contribution in [1.82, 2.24) is 0 Å². The molecule has 0 heterocycles. The molecule has 2 nitrogen and oxygen atoms in total. The molecule has 3 saturated carbocycles. The molecule has 0 spiro atoms. The number of hydrogen-bond acceptors (Lipinski definition) is 2. The van der Waals surface area contributed by atoms with Crippen molar-refractivity contribution in [2.45, 2.75) is 104 Å². The van der Waals surface area contributed by atoms with Crippen LogP contribution in [0.1, 0.15) is 98.3 Å². The zero-order chi connectivity index (χ0) is 20.8. The molecule has 0 amide bonds. The van der Waals surface area contributed by atoms with E-state index in [-0.39, 0.29) is 6.10 Å². The van der Waals surface area contributed by atoms with Gasteiger partial charge in [0.1, 0.15) is 0 Å². The summed E-state index contributed by atoms with van der Waals surface area (Å²) in [6, 6.07) is 0. The standard InChI is InChI=1S/C27H46O2/c1-18(17-28)6-5-7-19(2)23-10-11-24-22-9-8-20-16-21(29)12-14-26(20,3)25(22)13-15-27(23,24)4/h8,18-19,21-25,28-29H,5-7,9-17H2,1-4H3/t18-,19-,21?,22?,23-,24+,25+,26?,27?/m1/s1. The Kier molecular flexibility index (Phi) is 6.26. The van der Waals surface area contributed by atoms with Crippen LogP contribution in [0.2, 0.25) is 0 Å². The average Bonchev–Trinajstić information content (AvgIpc) is 3.05. The highest BCUT2D eigenvalue weighted by molar-refractivity contribution is 5.25. The van der Waals surface area contributed by atoms with Crippen LogP contribution in [0.25, 0.3) is 0 Å². The molecule has 4 rings (SSSR count). The first kappa shape index (κ1) is 21.9. The summed E-state index contributed by atoms with van der Waals surface area (Å²) in [4.78, 5) is 0. The van der Waals surface area contributed by atoms with Gasteiger partial charge in [-0.15, -0.1) is 0 Å². The van der Waals surface area contributed by atoms with Crippen LogP contribution in [0, 0.1) is 46.3 Å². The van der Waals surface area contributed by atoms with E-state index in [1.165, 1.54) is 57.8 Å². The fraction of sp³-hybridized carbons (Fsp3) is 0.926. The lowest BCUT2D eigenvalue weighted by molar-refractivity contribution is -0.0573. The van der Waals surface area contributed by atoms with E-state index in [1.807, 2.05) is 0 Å². The number of fused-ring (bicyclic) bond motifs is 5. The highest BCUT2D eigenvalue weighted by Gasteiger charge is 2.59. The lowest BCUT2D eigenvalue weighted by Gasteiger charge is -2.58. The third kappa shape index (κ3) is 3.75. The van der Waals surface area contributed by atoms with Crippen molar-refractivity contribution >= 4 is 0 Å². The van der Waals surface area contributed by atoms with Gasteiger partial charge in [-0.2, -0.15) is 0 Å². The number of aliphatic hydroxyl groups excluding tert-OH is 2. The van der Waals surface area contributed by atoms with E-state index in [9.17, 15) is 10.2 Å². The number of rotatable bonds is 6. The topological polar surface area (TPSA) is 40.5 Å². The molecular formula is C27H46O2. The van der Waals surface area contributed by atoms with Crippen LogP contribution in [-0.4, -0.2) is 22.9 Å². The van der Waals surface area contributed by atoms with Gasteiger partial charge in [-0.3, -0.25) is 0 Å². The lowest BCUT2D eigenvalue weighted by Crippen LogP contribution is -2.50. The maximum absolute atomic E-state index is 10.2. The monoisotopic (exact) mass is 402 g/mol. The van der Waals surface area contributed by atoms with Gasteiger partial charge in [0.25, 0.3) is 0 Å². The first-order valence-electron chi connectivity index (χ1n) is 12.8. The van der Waals surface area contributed by atoms with Gasteiger partial charge < -0.3 is 10.2 Å². The molecule has 0 radical (unpaired) electrons. The van der Waals surface area contributed by atoms with Crippen LogP contribution in [-0.2, 0) is 0 Å². The van der Waals surface area contributed by atoms with E-state index in [0.29, 0.717) is 23.4 Å². The van der Waals surface area contributed by atoms with Gasteiger partial charge in [0.05, 0.1) is 6.10 Å². The van der Waals surface area contributed by atoms with E-state index in [1.54, 1.807) is 5.57 Å². The van der Waals surface area contributed by atoms with Gasteiger partial charge in [0.15, 0.2) is 0 Å². The Hall–Kier alpha value is -0.340. The van der Waals surface area contributed by atoms with Gasteiger partial charge in [-0.05, 0) is 104 Å². The Morgan fingerprint density at radius 3 is 2.59 bits per heavy atom. The van der Waals surface area contributed by atoms with E-state index < -0.39 is 0 Å². The summed E-state index contributed by atoms with van der Waals surface area (Å²) in [6.07, 6.45) is 16.4. The smallest absolute Gasteiger partial charge is 0.0577 e. The molecule has 0 saturated heterocycles. The van der Waals surface area contributed by atoms with Crippen molar-refractivity contribution in [2.75, 3.05) is 6.61 Å². The molecule has 4 unspecified atom stereocenters. The molecule has 0 bridgehead atoms. The predicted molar refractivity (Wildman–Crippen MR) is 120 cm³/mol. The quantitative estimate of drug-likeness (QED) is 0.507. The van der Waals surface area contributed by atoms with Crippen LogP contribution in [0.15, 0.2) is 11.6 Å². The molecule has 2 N–H and O–H groups in total. The maximum Gasteiger partial charge on any atom is 0.0577 e. The van der Waals surface area contributed by atoms with Gasteiger partial charge in [0, 0.05) is 6.61 Å². The van der Waals surface area contributed by atoms with E-state index in [2.05, 4.69) is 33.8 Å². The van der Waals surface area contributed by atoms with Crippen LogP contribution in [0.4, 0.5) is 0 Å². The molecule has 9 atom stereocenters. The summed E-state index contributed by atoms with van der Waals surface area (Å²) in [5, 5.41) is 19.5. The number of aliphatic hydroxyl groups is 2. The van der Waals surface area contributed by atoms with Crippen molar-refractivity contribution in [1.29, 1.82) is 0 Å². The summed E-state index contributed by atoms with van der Waals surface area (Å²) in [6.45, 7) is 10.2. The van der Waals surface area contributed by atoms with Gasteiger partial charge >= 0.3 is 0 Å². The van der Waals surface area contributed by atoms with E-state index >= 15 is 0 Å². The molecule has 4 aliphatic rings. The minimum absolute atomic E-state index is 0.0926. The zero-order valence-electron chi connectivity index (χ0n) is 19.5. The summed E-state index contributed by atoms with van der Waals surface area (Å²) >= 11 is 0. The fourth-order valence-electron chi connectivity index (χ4n) is 8.70. The van der Waals surface area contributed by atoms with Crippen LogP contribution < -0.4 is 0 Å². The van der Waals surface area contributed by atoms with Crippen molar-refractivity contribution in [3.8, 4) is 0 Å². The van der Waals surface area contributed by atoms with Crippen molar-refractivity contribution in [3.63, 3.8) is 0 Å². The van der Waals surface area contributed by atoms with Crippen LogP contribution >= 0.6 is 0 Å². The highest BCUT2D eigenvalue weighted by Crippen LogP contribution is 2.67. The Labute approximate surface area is 179 Å². The van der Waals surface area contributed by atoms with Gasteiger partial charge in [-0.25, -0.2) is 0 Å². The number of hydrogen-bond donors (Lipinski definition) is 2. The molecule has 29 heavy (non-hydrogen) atoms. The summed E-state index contributed by atoms with van der Waals surface area (Å²) in [5.74, 6) is 4.82. The van der Waals surface area contributed by atoms with Gasteiger partial charge in [0.2, 0.25) is 0 Å². The largest absolute Gasteiger partial charge is 0.396 e. The van der Waals surface area contributed by atoms with Gasteiger partial charge in [-0.1, -0.05) is 52.2 Å². The Bertz CT molecular complexity index is 612. The summed E-state index contributed by atoms with van der Waals surface area (Å²) < 4.78 is 0. The highest BCUT2D eigenvalue weighted by atomic mass is 16.3. The third-order valence-corrected chi connectivity index (χ3v) is 10.5. The van der Waals surface area contributed by atoms with Crippen molar-refractivity contribution in [2.24, 2.45) is 46.3 Å². The second kappa shape index (κ2) is 8.30. The molecule has 0 aromatic heterocycles. The Morgan fingerprint density at radius 1 is 1.03 bits per heavy atom. The van der Waals surface area contributed by atoms with Crippen LogP contribution in [0.5, 0.6) is 0 Å². The van der Waals surface area contributed by atoms with Crippen LogP contribution in [0.3, 0.4) is 0 Å². The third-order valence-electron chi connectivity index (χ3n) is 10.5. The molecule has 3 fully saturated rings. The second-order valence-electron chi connectivity index (χ2n) is 12.1. The maximum atomic E-state index is 10.2. The van der Waals surface area contributed by atoms with Crippen molar-refractivity contribution < 1.29 is 10.2 Å². The second-order valence-corrected chi connectivity index (χ2v) is 12.1. The average molecular weight is 403 g/mol. The first-order chi connectivity index (χ1) is 13.8. The minimum atomic E-state index is -0.0926. The summed E-state index contributed by atoms with van der Waals surface area (Å²) in [5.41, 5.74) is 2.51. The lowest BCUT2D eigenvalue weighted by atomic mass is 9.47. The molecule has 0 aliphatic heterocycles. The first-order valence-corrected chi connectivity index (χ1v) is 12.8. The normalized spacial score (nSPS) is 46.3.